The normalized spacial score (nSPS) is 18.8. The third-order valence-corrected chi connectivity index (χ3v) is 4.95. The Balaban J connectivity index is 1.76. The van der Waals surface area contributed by atoms with Crippen molar-refractivity contribution in [3.05, 3.63) is 59.1 Å². The molecule has 1 saturated heterocycles. The Kier molecular flexibility index (Phi) is 6.38. The molecule has 2 atom stereocenters. The highest BCUT2D eigenvalue weighted by molar-refractivity contribution is 6.30. The molecule has 1 aliphatic heterocycles. The molecule has 2 aromatic rings. The largest absolute Gasteiger partial charge is 0.497 e. The van der Waals surface area contributed by atoms with Gasteiger partial charge >= 0.3 is 6.03 Å². The second-order valence-corrected chi connectivity index (χ2v) is 6.91. The van der Waals surface area contributed by atoms with Gasteiger partial charge in [0.15, 0.2) is 0 Å². The number of nitrogens with zero attached hydrogens (tertiary/aromatic N) is 1. The third-order valence-electron chi connectivity index (χ3n) is 4.70. The molecule has 0 aromatic heterocycles. The van der Waals surface area contributed by atoms with Gasteiger partial charge in [0.25, 0.3) is 0 Å². The molecule has 0 aliphatic carbocycles. The van der Waals surface area contributed by atoms with Crippen molar-refractivity contribution < 1.29 is 19.4 Å². The molecule has 3 amide bonds. The Labute approximate surface area is 168 Å². The van der Waals surface area contributed by atoms with Crippen molar-refractivity contribution in [1.29, 1.82) is 0 Å². The zero-order chi connectivity index (χ0) is 20.1. The van der Waals surface area contributed by atoms with Crippen molar-refractivity contribution in [2.24, 2.45) is 0 Å². The minimum absolute atomic E-state index is 0.134. The van der Waals surface area contributed by atoms with Crippen molar-refractivity contribution in [2.45, 2.75) is 12.0 Å². The Morgan fingerprint density at radius 2 is 1.89 bits per heavy atom. The molecule has 28 heavy (non-hydrogen) atoms. The molecule has 0 spiro atoms. The second kappa shape index (κ2) is 8.95. The van der Waals surface area contributed by atoms with Crippen LogP contribution in [0.1, 0.15) is 11.5 Å². The van der Waals surface area contributed by atoms with Crippen LogP contribution in [0.5, 0.6) is 5.75 Å². The van der Waals surface area contributed by atoms with E-state index in [1.54, 1.807) is 36.3 Å². The van der Waals surface area contributed by atoms with Gasteiger partial charge in [-0.25, -0.2) is 4.79 Å². The average molecular weight is 404 g/mol. The fourth-order valence-corrected chi connectivity index (χ4v) is 3.40. The predicted octanol–water partition coefficient (Wildman–Crippen LogP) is 2.46. The number of benzene rings is 2. The van der Waals surface area contributed by atoms with Gasteiger partial charge in [-0.2, -0.15) is 0 Å². The summed E-state index contributed by atoms with van der Waals surface area (Å²) in [6.07, 6.45) is 0. The molecular formula is C20H22ClN3O4. The van der Waals surface area contributed by atoms with Crippen LogP contribution in [0, 0.1) is 0 Å². The molecule has 3 rings (SSSR count). The van der Waals surface area contributed by atoms with E-state index in [4.69, 9.17) is 16.3 Å². The number of methoxy groups -OCH3 is 1. The standard InChI is InChI=1S/C20H22ClN3O4/c1-28-16-8-2-13(3-9-16)17-12-24(10-11-25)19(26)18(17)23-20(27)22-15-6-4-14(21)5-7-15/h2-9,17-18,25H,10-12H2,1H3,(H2,22,23,27). The van der Waals surface area contributed by atoms with E-state index in [0.29, 0.717) is 23.0 Å². The van der Waals surface area contributed by atoms with Gasteiger partial charge in [-0.3, -0.25) is 4.79 Å². The van der Waals surface area contributed by atoms with E-state index in [1.807, 2.05) is 24.3 Å². The lowest BCUT2D eigenvalue weighted by molar-refractivity contribution is -0.129. The number of hydrogen-bond donors (Lipinski definition) is 3. The van der Waals surface area contributed by atoms with E-state index >= 15 is 0 Å². The lowest BCUT2D eigenvalue weighted by Gasteiger charge is -2.19. The number of rotatable bonds is 6. The molecule has 0 bridgehead atoms. The van der Waals surface area contributed by atoms with Crippen LogP contribution >= 0.6 is 11.6 Å². The molecule has 1 heterocycles. The van der Waals surface area contributed by atoms with Crippen molar-refractivity contribution >= 4 is 29.2 Å². The molecule has 2 unspecified atom stereocenters. The van der Waals surface area contributed by atoms with Gasteiger partial charge in [-0.15, -0.1) is 0 Å². The summed E-state index contributed by atoms with van der Waals surface area (Å²) >= 11 is 5.85. The monoisotopic (exact) mass is 403 g/mol. The smallest absolute Gasteiger partial charge is 0.319 e. The zero-order valence-corrected chi connectivity index (χ0v) is 16.1. The number of aliphatic hydroxyl groups excluding tert-OH is 1. The number of ether oxygens (including phenoxy) is 1. The van der Waals surface area contributed by atoms with Gasteiger partial charge in [0.2, 0.25) is 5.91 Å². The maximum atomic E-state index is 12.8. The third kappa shape index (κ3) is 4.55. The Morgan fingerprint density at radius 1 is 1.21 bits per heavy atom. The van der Waals surface area contributed by atoms with E-state index in [-0.39, 0.29) is 25.0 Å². The van der Waals surface area contributed by atoms with E-state index < -0.39 is 12.1 Å². The van der Waals surface area contributed by atoms with Crippen LogP contribution in [0.2, 0.25) is 5.02 Å². The fraction of sp³-hybridized carbons (Fsp3) is 0.300. The maximum Gasteiger partial charge on any atom is 0.319 e. The summed E-state index contributed by atoms with van der Waals surface area (Å²) in [5, 5.41) is 15.3. The van der Waals surface area contributed by atoms with Crippen LogP contribution in [-0.2, 0) is 4.79 Å². The number of urea groups is 1. The number of anilines is 1. The molecule has 2 aromatic carbocycles. The van der Waals surface area contributed by atoms with E-state index in [9.17, 15) is 14.7 Å². The van der Waals surface area contributed by atoms with Gasteiger partial charge in [0.1, 0.15) is 11.8 Å². The second-order valence-electron chi connectivity index (χ2n) is 6.47. The number of carbonyl (C=O) groups excluding carboxylic acids is 2. The molecule has 1 aliphatic rings. The van der Waals surface area contributed by atoms with E-state index in [1.165, 1.54) is 0 Å². The lowest BCUT2D eigenvalue weighted by Crippen LogP contribution is -2.45. The fourth-order valence-electron chi connectivity index (χ4n) is 3.28. The summed E-state index contributed by atoms with van der Waals surface area (Å²) in [7, 11) is 1.59. The van der Waals surface area contributed by atoms with Gasteiger partial charge < -0.3 is 25.4 Å². The van der Waals surface area contributed by atoms with Crippen LogP contribution in [0.15, 0.2) is 48.5 Å². The van der Waals surface area contributed by atoms with Crippen LogP contribution < -0.4 is 15.4 Å². The van der Waals surface area contributed by atoms with Crippen molar-refractivity contribution in [3.8, 4) is 5.75 Å². The highest BCUT2D eigenvalue weighted by Crippen LogP contribution is 2.30. The number of halogens is 1. The predicted molar refractivity (Wildman–Crippen MR) is 107 cm³/mol. The number of nitrogens with one attached hydrogen (secondary N) is 2. The SMILES string of the molecule is COc1ccc(C2CN(CCO)C(=O)C2NC(=O)Nc2ccc(Cl)cc2)cc1. The Hall–Kier alpha value is -2.77. The van der Waals surface area contributed by atoms with Crippen LogP contribution in [-0.4, -0.2) is 54.8 Å². The van der Waals surface area contributed by atoms with Gasteiger partial charge in [0, 0.05) is 29.7 Å². The topological polar surface area (TPSA) is 90.9 Å². The number of hydrogen-bond acceptors (Lipinski definition) is 4. The first-order valence-corrected chi connectivity index (χ1v) is 9.26. The summed E-state index contributed by atoms with van der Waals surface area (Å²) in [5.41, 5.74) is 1.48. The summed E-state index contributed by atoms with van der Waals surface area (Å²) in [4.78, 5) is 26.8. The zero-order valence-electron chi connectivity index (χ0n) is 15.4. The maximum absolute atomic E-state index is 12.8. The van der Waals surface area contributed by atoms with Crippen molar-refractivity contribution in [1.82, 2.24) is 10.2 Å². The molecule has 7 nitrogen and oxygen atoms in total. The number of carbonyl (C=O) groups is 2. The van der Waals surface area contributed by atoms with E-state index in [2.05, 4.69) is 10.6 Å². The van der Waals surface area contributed by atoms with Crippen LogP contribution in [0.25, 0.3) is 0 Å². The highest BCUT2D eigenvalue weighted by Gasteiger charge is 2.41. The number of β-amino-alcohol motifs (C(OH)–C–C–N with tert-alkyl or cyclic N) is 1. The lowest BCUT2D eigenvalue weighted by atomic mass is 9.94. The first-order chi connectivity index (χ1) is 13.5. The molecular weight excluding hydrogens is 382 g/mol. The first-order valence-electron chi connectivity index (χ1n) is 8.88. The molecule has 8 heteroatoms. The number of aliphatic hydroxyl groups is 1. The van der Waals surface area contributed by atoms with Gasteiger partial charge in [0.05, 0.1) is 13.7 Å². The average Bonchev–Trinajstić information content (AvgIpc) is 3.00. The van der Waals surface area contributed by atoms with Crippen LogP contribution in [0.4, 0.5) is 10.5 Å². The summed E-state index contributed by atoms with van der Waals surface area (Å²) in [5.74, 6) is 0.257. The quantitative estimate of drug-likeness (QED) is 0.691. The number of amides is 3. The van der Waals surface area contributed by atoms with Gasteiger partial charge in [-0.05, 0) is 42.0 Å². The molecule has 0 saturated carbocycles. The van der Waals surface area contributed by atoms with Crippen LogP contribution in [0.3, 0.4) is 0 Å². The molecule has 1 fully saturated rings. The minimum Gasteiger partial charge on any atom is -0.497 e. The first kappa shape index (κ1) is 20.0. The summed E-state index contributed by atoms with van der Waals surface area (Å²) < 4.78 is 5.18. The number of likely N-dealkylation sites (tertiary alicyclic amines) is 1. The summed E-state index contributed by atoms with van der Waals surface area (Å²) in [6, 6.07) is 12.9. The highest BCUT2D eigenvalue weighted by atomic mass is 35.5. The minimum atomic E-state index is -0.729. The summed E-state index contributed by atoms with van der Waals surface area (Å²) in [6.45, 7) is 0.505. The molecule has 148 valence electrons. The van der Waals surface area contributed by atoms with E-state index in [0.717, 1.165) is 5.56 Å². The molecule has 3 N–H and O–H groups in total. The van der Waals surface area contributed by atoms with Gasteiger partial charge in [-0.1, -0.05) is 23.7 Å². The molecule has 0 radical (unpaired) electrons. The Morgan fingerprint density at radius 3 is 2.50 bits per heavy atom. The Bertz CT molecular complexity index is 826. The van der Waals surface area contributed by atoms with Crippen molar-refractivity contribution in [2.75, 3.05) is 32.1 Å². The van der Waals surface area contributed by atoms with Crippen molar-refractivity contribution in [3.63, 3.8) is 0 Å².